The average molecular weight is 278 g/mol. The molecule has 1 unspecified atom stereocenters. The number of benzene rings is 1. The second kappa shape index (κ2) is 5.99. The van der Waals surface area contributed by atoms with Gasteiger partial charge in [-0.1, -0.05) is 18.5 Å². The summed E-state index contributed by atoms with van der Waals surface area (Å²) in [5.74, 6) is 0.113. The van der Waals surface area contributed by atoms with Crippen LogP contribution < -0.4 is 11.1 Å². The van der Waals surface area contributed by atoms with E-state index in [1.54, 1.807) is 18.3 Å². The number of rotatable bonds is 4. The van der Waals surface area contributed by atoms with Crippen LogP contribution in [0.3, 0.4) is 0 Å². The zero-order valence-electron chi connectivity index (χ0n) is 10.7. The van der Waals surface area contributed by atoms with Gasteiger partial charge >= 0.3 is 0 Å². The van der Waals surface area contributed by atoms with Crippen LogP contribution in [-0.2, 0) is 4.79 Å². The van der Waals surface area contributed by atoms with Crippen LogP contribution in [0.15, 0.2) is 30.5 Å². The van der Waals surface area contributed by atoms with E-state index in [9.17, 15) is 4.79 Å². The molecule has 0 aliphatic rings. The van der Waals surface area contributed by atoms with Crippen molar-refractivity contribution in [2.45, 2.75) is 13.3 Å². The largest absolute Gasteiger partial charge is 0.330 e. The molecule has 4 nitrogen and oxygen atoms in total. The summed E-state index contributed by atoms with van der Waals surface area (Å²) in [6.07, 6.45) is 2.08. The summed E-state index contributed by atoms with van der Waals surface area (Å²) in [6, 6.07) is 7.23. The van der Waals surface area contributed by atoms with E-state index in [-0.39, 0.29) is 11.8 Å². The van der Waals surface area contributed by atoms with Gasteiger partial charge in [-0.05, 0) is 36.7 Å². The predicted molar refractivity (Wildman–Crippen MR) is 78.2 cm³/mol. The predicted octanol–water partition coefficient (Wildman–Crippen LogP) is 2.81. The molecule has 0 aliphatic heterocycles. The average Bonchev–Trinajstić information content (AvgIpc) is 2.42. The number of amides is 1. The second-order valence-electron chi connectivity index (χ2n) is 4.59. The molecule has 2 rings (SSSR count). The third-order valence-corrected chi connectivity index (χ3v) is 3.24. The van der Waals surface area contributed by atoms with E-state index in [4.69, 9.17) is 17.3 Å². The standard InChI is InChI=1S/C14H16ClN3O/c1-9(8-16)7-13(19)18-12-5-4-11(15)14-10(12)3-2-6-17-14/h2-6,9H,7-8,16H2,1H3,(H,18,19). The van der Waals surface area contributed by atoms with Gasteiger partial charge in [-0.15, -0.1) is 0 Å². The first-order valence-electron chi connectivity index (χ1n) is 6.15. The number of nitrogens with one attached hydrogen (secondary N) is 1. The Balaban J connectivity index is 2.26. The summed E-state index contributed by atoms with van der Waals surface area (Å²) in [5.41, 5.74) is 6.93. The van der Waals surface area contributed by atoms with Crippen molar-refractivity contribution in [3.8, 4) is 0 Å². The van der Waals surface area contributed by atoms with E-state index < -0.39 is 0 Å². The van der Waals surface area contributed by atoms with Crippen LogP contribution in [0.2, 0.25) is 5.02 Å². The van der Waals surface area contributed by atoms with Crippen molar-refractivity contribution in [3.05, 3.63) is 35.5 Å². The highest BCUT2D eigenvalue weighted by Gasteiger charge is 2.11. The Bertz CT molecular complexity index is 600. The first-order chi connectivity index (χ1) is 9.11. The molecule has 0 saturated carbocycles. The maximum atomic E-state index is 11.9. The molecule has 0 bridgehead atoms. The monoisotopic (exact) mass is 277 g/mol. The summed E-state index contributed by atoms with van der Waals surface area (Å²) in [6.45, 7) is 2.44. The molecule has 0 spiro atoms. The van der Waals surface area contributed by atoms with Crippen molar-refractivity contribution in [1.29, 1.82) is 0 Å². The fourth-order valence-corrected chi connectivity index (χ4v) is 2.06. The third-order valence-electron chi connectivity index (χ3n) is 2.93. The van der Waals surface area contributed by atoms with E-state index >= 15 is 0 Å². The van der Waals surface area contributed by atoms with Crippen LogP contribution >= 0.6 is 11.6 Å². The number of hydrogen-bond donors (Lipinski definition) is 2. The van der Waals surface area contributed by atoms with Crippen molar-refractivity contribution in [3.63, 3.8) is 0 Å². The van der Waals surface area contributed by atoms with Gasteiger partial charge in [0.05, 0.1) is 16.2 Å². The van der Waals surface area contributed by atoms with Crippen LogP contribution in [0, 0.1) is 5.92 Å². The van der Waals surface area contributed by atoms with Crippen LogP contribution in [0.25, 0.3) is 10.9 Å². The molecule has 3 N–H and O–H groups in total. The molecule has 1 amide bonds. The smallest absolute Gasteiger partial charge is 0.224 e. The second-order valence-corrected chi connectivity index (χ2v) is 4.99. The minimum absolute atomic E-state index is 0.0505. The number of nitrogens with zero attached hydrogens (tertiary/aromatic N) is 1. The van der Waals surface area contributed by atoms with Crippen LogP contribution in [-0.4, -0.2) is 17.4 Å². The Hall–Kier alpha value is -1.65. The number of hydrogen-bond acceptors (Lipinski definition) is 3. The molecule has 100 valence electrons. The van der Waals surface area contributed by atoms with Gasteiger partial charge < -0.3 is 11.1 Å². The normalized spacial score (nSPS) is 12.4. The van der Waals surface area contributed by atoms with E-state index in [1.165, 1.54) is 0 Å². The number of aromatic nitrogens is 1. The third kappa shape index (κ3) is 3.22. The molecule has 0 aliphatic carbocycles. The van der Waals surface area contributed by atoms with Gasteiger partial charge in [0, 0.05) is 18.0 Å². The molecule has 2 aromatic rings. The van der Waals surface area contributed by atoms with E-state index in [0.29, 0.717) is 23.5 Å². The first-order valence-corrected chi connectivity index (χ1v) is 6.52. The molecule has 1 heterocycles. The van der Waals surface area contributed by atoms with Crippen LogP contribution in [0.5, 0.6) is 0 Å². The Morgan fingerprint density at radius 1 is 1.47 bits per heavy atom. The van der Waals surface area contributed by atoms with Crippen molar-refractivity contribution in [2.75, 3.05) is 11.9 Å². The molecule has 1 aromatic heterocycles. The molecule has 1 aromatic carbocycles. The lowest BCUT2D eigenvalue weighted by atomic mass is 10.1. The topological polar surface area (TPSA) is 68.0 Å². The van der Waals surface area contributed by atoms with Crippen molar-refractivity contribution in [1.82, 2.24) is 4.98 Å². The van der Waals surface area contributed by atoms with Gasteiger partial charge in [0.1, 0.15) is 0 Å². The molecule has 19 heavy (non-hydrogen) atoms. The minimum Gasteiger partial charge on any atom is -0.330 e. The lowest BCUT2D eigenvalue weighted by Gasteiger charge is -2.11. The zero-order valence-corrected chi connectivity index (χ0v) is 11.4. The van der Waals surface area contributed by atoms with Gasteiger partial charge in [0.2, 0.25) is 5.91 Å². The van der Waals surface area contributed by atoms with Crippen LogP contribution in [0.4, 0.5) is 5.69 Å². The van der Waals surface area contributed by atoms with Gasteiger partial charge in [0.15, 0.2) is 0 Å². The fourth-order valence-electron chi connectivity index (χ4n) is 1.85. The summed E-state index contributed by atoms with van der Waals surface area (Å²) < 4.78 is 0. The number of nitrogens with two attached hydrogens (primary N) is 1. The number of halogens is 1. The van der Waals surface area contributed by atoms with E-state index in [2.05, 4.69) is 10.3 Å². The Kier molecular flexibility index (Phi) is 4.35. The number of fused-ring (bicyclic) bond motifs is 1. The molecule has 1 atom stereocenters. The SMILES string of the molecule is CC(CN)CC(=O)Nc1ccc(Cl)c2ncccc12. The van der Waals surface area contributed by atoms with Gasteiger partial charge in [-0.2, -0.15) is 0 Å². The maximum Gasteiger partial charge on any atom is 0.224 e. The highest BCUT2D eigenvalue weighted by molar-refractivity contribution is 6.35. The Morgan fingerprint density at radius 2 is 2.26 bits per heavy atom. The molecule has 0 saturated heterocycles. The highest BCUT2D eigenvalue weighted by atomic mass is 35.5. The van der Waals surface area contributed by atoms with Crippen molar-refractivity contribution in [2.24, 2.45) is 11.7 Å². The van der Waals surface area contributed by atoms with Crippen LogP contribution in [0.1, 0.15) is 13.3 Å². The van der Waals surface area contributed by atoms with E-state index in [0.717, 1.165) is 11.1 Å². The summed E-state index contributed by atoms with van der Waals surface area (Å²) in [7, 11) is 0. The highest BCUT2D eigenvalue weighted by Crippen LogP contribution is 2.28. The van der Waals surface area contributed by atoms with E-state index in [1.807, 2.05) is 19.1 Å². The number of anilines is 1. The quantitative estimate of drug-likeness (QED) is 0.903. The van der Waals surface area contributed by atoms with Crippen molar-refractivity contribution < 1.29 is 4.79 Å². The first kappa shape index (κ1) is 13.8. The molecular formula is C14H16ClN3O. The number of pyridine rings is 1. The van der Waals surface area contributed by atoms with Crippen molar-refractivity contribution >= 4 is 34.1 Å². The van der Waals surface area contributed by atoms with Gasteiger partial charge in [0.25, 0.3) is 0 Å². The van der Waals surface area contributed by atoms with Gasteiger partial charge in [-0.25, -0.2) is 0 Å². The Morgan fingerprint density at radius 3 is 3.00 bits per heavy atom. The minimum atomic E-state index is -0.0505. The fraction of sp³-hybridized carbons (Fsp3) is 0.286. The number of carbonyl (C=O) groups excluding carboxylic acids is 1. The molecule has 5 heteroatoms. The zero-order chi connectivity index (χ0) is 13.8. The van der Waals surface area contributed by atoms with Gasteiger partial charge in [-0.3, -0.25) is 9.78 Å². The summed E-state index contributed by atoms with van der Waals surface area (Å²) >= 11 is 6.08. The summed E-state index contributed by atoms with van der Waals surface area (Å²) in [5, 5.41) is 4.29. The molecular weight excluding hydrogens is 262 g/mol. The maximum absolute atomic E-state index is 11.9. The number of carbonyl (C=O) groups is 1. The summed E-state index contributed by atoms with van der Waals surface area (Å²) in [4.78, 5) is 16.1. The molecule has 0 radical (unpaired) electrons. The molecule has 0 fully saturated rings. The Labute approximate surface area is 117 Å². The lowest BCUT2D eigenvalue weighted by Crippen LogP contribution is -2.20. The lowest BCUT2D eigenvalue weighted by molar-refractivity contribution is -0.116.